The maximum absolute atomic E-state index is 5.67. The van der Waals surface area contributed by atoms with E-state index in [1.165, 1.54) is 16.7 Å². The molecule has 2 aromatic rings. The van der Waals surface area contributed by atoms with E-state index < -0.39 is 0 Å². The molecule has 1 aromatic heterocycles. The van der Waals surface area contributed by atoms with E-state index in [2.05, 4.69) is 64.9 Å². The first kappa shape index (κ1) is 14.3. The third-order valence-corrected chi connectivity index (χ3v) is 3.70. The average molecular weight is 322 g/mol. The van der Waals surface area contributed by atoms with Crippen molar-refractivity contribution in [1.82, 2.24) is 9.97 Å². The average Bonchev–Trinajstić information content (AvgIpc) is 2.71. The number of nitrogens with two attached hydrogens (primary N) is 1. The van der Waals surface area contributed by atoms with Crippen LogP contribution in [0.15, 0.2) is 22.9 Å². The van der Waals surface area contributed by atoms with Crippen molar-refractivity contribution in [2.24, 2.45) is 5.73 Å². The summed E-state index contributed by atoms with van der Waals surface area (Å²) in [6, 6.07) is 6.59. The molecule has 4 heteroatoms. The molecule has 0 amide bonds. The second kappa shape index (κ2) is 5.88. The van der Waals surface area contributed by atoms with Crippen LogP contribution in [0.2, 0.25) is 0 Å². The van der Waals surface area contributed by atoms with Crippen LogP contribution in [0, 0.1) is 6.92 Å². The summed E-state index contributed by atoms with van der Waals surface area (Å²) in [5.74, 6) is 0.514. The summed E-state index contributed by atoms with van der Waals surface area (Å²) in [7, 11) is 0. The van der Waals surface area contributed by atoms with Crippen LogP contribution < -0.4 is 5.73 Å². The number of H-pyrrole nitrogens is 1. The number of hydrogen-bond acceptors (Lipinski definition) is 2. The number of imidazole rings is 1. The summed E-state index contributed by atoms with van der Waals surface area (Å²) in [6.07, 6.45) is 0.805. The Kier molecular flexibility index (Phi) is 4.42. The molecule has 0 saturated carbocycles. The maximum Gasteiger partial charge on any atom is 0.175 e. The van der Waals surface area contributed by atoms with Gasteiger partial charge in [-0.2, -0.15) is 0 Å². The number of hydrogen-bond donors (Lipinski definition) is 2. The van der Waals surface area contributed by atoms with Gasteiger partial charge in [-0.1, -0.05) is 26.0 Å². The minimum absolute atomic E-state index is 0.514. The van der Waals surface area contributed by atoms with Gasteiger partial charge in [0.2, 0.25) is 0 Å². The van der Waals surface area contributed by atoms with Crippen LogP contribution >= 0.6 is 15.9 Å². The molecule has 0 unspecified atom stereocenters. The van der Waals surface area contributed by atoms with E-state index in [9.17, 15) is 0 Å². The fourth-order valence-electron chi connectivity index (χ4n) is 2.18. The number of rotatable bonds is 4. The smallest absolute Gasteiger partial charge is 0.175 e. The maximum atomic E-state index is 5.67. The number of benzene rings is 1. The lowest BCUT2D eigenvalue weighted by atomic mass is 9.95. The van der Waals surface area contributed by atoms with E-state index >= 15 is 0 Å². The molecule has 19 heavy (non-hydrogen) atoms. The highest BCUT2D eigenvalue weighted by molar-refractivity contribution is 9.10. The van der Waals surface area contributed by atoms with Crippen molar-refractivity contribution in [1.29, 1.82) is 0 Å². The topological polar surface area (TPSA) is 54.7 Å². The molecule has 0 bridgehead atoms. The van der Waals surface area contributed by atoms with E-state index in [0.717, 1.165) is 22.5 Å². The number of nitrogens with one attached hydrogen (secondary N) is 1. The zero-order valence-electron chi connectivity index (χ0n) is 11.6. The second-order valence-electron chi connectivity index (χ2n) is 5.12. The van der Waals surface area contributed by atoms with Gasteiger partial charge in [-0.25, -0.2) is 4.98 Å². The van der Waals surface area contributed by atoms with Crippen molar-refractivity contribution < 1.29 is 0 Å². The summed E-state index contributed by atoms with van der Waals surface area (Å²) in [6.45, 7) is 7.14. The molecule has 1 aromatic carbocycles. The lowest BCUT2D eigenvalue weighted by molar-refractivity contribution is 0.866. The van der Waals surface area contributed by atoms with Gasteiger partial charge in [-0.15, -0.1) is 0 Å². The van der Waals surface area contributed by atoms with Crippen molar-refractivity contribution in [2.45, 2.75) is 33.1 Å². The van der Waals surface area contributed by atoms with Gasteiger partial charge in [0.25, 0.3) is 0 Å². The van der Waals surface area contributed by atoms with Crippen LogP contribution in [0.5, 0.6) is 0 Å². The summed E-state index contributed by atoms with van der Waals surface area (Å²) in [4.78, 5) is 7.81. The highest BCUT2D eigenvalue weighted by Gasteiger charge is 2.14. The molecule has 0 spiro atoms. The molecule has 3 nitrogen and oxygen atoms in total. The molecule has 0 aliphatic rings. The largest absolute Gasteiger partial charge is 0.336 e. The van der Waals surface area contributed by atoms with E-state index in [1.54, 1.807) is 0 Å². The predicted octanol–water partition coefficient (Wildman–Crippen LogP) is 3.77. The van der Waals surface area contributed by atoms with Crippen molar-refractivity contribution >= 4 is 15.9 Å². The first-order valence-electron chi connectivity index (χ1n) is 6.58. The lowest BCUT2D eigenvalue weighted by Crippen LogP contribution is -2.04. The molecule has 1 heterocycles. The van der Waals surface area contributed by atoms with Crippen LogP contribution in [0.4, 0.5) is 0 Å². The van der Waals surface area contributed by atoms with Crippen LogP contribution in [0.3, 0.4) is 0 Å². The van der Waals surface area contributed by atoms with Gasteiger partial charge < -0.3 is 10.7 Å². The highest BCUT2D eigenvalue weighted by Crippen LogP contribution is 2.29. The molecule has 102 valence electrons. The van der Waals surface area contributed by atoms with Crippen molar-refractivity contribution in [3.63, 3.8) is 0 Å². The Bertz CT molecular complexity index is 573. The zero-order valence-corrected chi connectivity index (χ0v) is 13.2. The standard InChI is InChI=1S/C15H20BrN3/c1-9(2)11-5-4-10(3)12(8-11)14-13(6-7-17)18-15(16)19-14/h4-5,8-9H,6-7,17H2,1-3H3,(H,18,19). The van der Waals surface area contributed by atoms with E-state index in [4.69, 9.17) is 5.73 Å². The Morgan fingerprint density at radius 1 is 1.37 bits per heavy atom. The third-order valence-electron chi connectivity index (χ3n) is 3.33. The summed E-state index contributed by atoms with van der Waals surface area (Å²) >= 11 is 3.41. The molecule has 0 fully saturated rings. The summed E-state index contributed by atoms with van der Waals surface area (Å²) in [5, 5.41) is 0. The molecule has 0 radical (unpaired) electrons. The van der Waals surface area contributed by atoms with Crippen LogP contribution in [-0.2, 0) is 6.42 Å². The van der Waals surface area contributed by atoms with Crippen LogP contribution in [0.25, 0.3) is 11.3 Å². The molecule has 0 atom stereocenters. The Labute approximate surface area is 122 Å². The molecule has 3 N–H and O–H groups in total. The monoisotopic (exact) mass is 321 g/mol. The number of aryl methyl sites for hydroxylation is 1. The Morgan fingerprint density at radius 2 is 2.11 bits per heavy atom. The van der Waals surface area contributed by atoms with Gasteiger partial charge in [-0.05, 0) is 52.5 Å². The van der Waals surface area contributed by atoms with Gasteiger partial charge >= 0.3 is 0 Å². The minimum Gasteiger partial charge on any atom is -0.336 e. The SMILES string of the molecule is Cc1ccc(C(C)C)cc1-c1nc(Br)[nH]c1CCN. The van der Waals surface area contributed by atoms with Gasteiger partial charge in [0.15, 0.2) is 4.73 Å². The van der Waals surface area contributed by atoms with E-state index in [1.807, 2.05) is 0 Å². The predicted molar refractivity (Wildman–Crippen MR) is 83.3 cm³/mol. The fourth-order valence-corrected chi connectivity index (χ4v) is 2.60. The number of aromatic amines is 1. The van der Waals surface area contributed by atoms with E-state index in [-0.39, 0.29) is 0 Å². The summed E-state index contributed by atoms with van der Waals surface area (Å²) < 4.78 is 0.764. The number of aromatic nitrogens is 2. The molecule has 0 aliphatic carbocycles. The first-order valence-corrected chi connectivity index (χ1v) is 7.37. The fraction of sp³-hybridized carbons (Fsp3) is 0.400. The van der Waals surface area contributed by atoms with Gasteiger partial charge in [0.1, 0.15) is 0 Å². The number of nitrogens with zero attached hydrogens (tertiary/aromatic N) is 1. The molecular weight excluding hydrogens is 302 g/mol. The van der Waals surface area contributed by atoms with Crippen molar-refractivity contribution in [3.05, 3.63) is 39.8 Å². The normalized spacial score (nSPS) is 11.3. The number of halogens is 1. The first-order chi connectivity index (χ1) is 9.02. The second-order valence-corrected chi connectivity index (χ2v) is 5.87. The minimum atomic E-state index is 0.514. The summed E-state index contributed by atoms with van der Waals surface area (Å²) in [5.41, 5.74) is 11.5. The third kappa shape index (κ3) is 3.07. The van der Waals surface area contributed by atoms with Crippen molar-refractivity contribution in [3.8, 4) is 11.3 Å². The lowest BCUT2D eigenvalue weighted by Gasteiger charge is -2.11. The van der Waals surface area contributed by atoms with Crippen LogP contribution in [-0.4, -0.2) is 16.5 Å². The zero-order chi connectivity index (χ0) is 14.0. The van der Waals surface area contributed by atoms with E-state index in [0.29, 0.717) is 12.5 Å². The molecule has 0 aliphatic heterocycles. The quantitative estimate of drug-likeness (QED) is 0.900. The Hall–Kier alpha value is -1.13. The molecular formula is C15H20BrN3. The van der Waals surface area contributed by atoms with Crippen LogP contribution in [0.1, 0.15) is 36.6 Å². The van der Waals surface area contributed by atoms with Gasteiger partial charge in [0.05, 0.1) is 5.69 Å². The molecule has 0 saturated heterocycles. The Morgan fingerprint density at radius 3 is 2.74 bits per heavy atom. The van der Waals surface area contributed by atoms with Crippen molar-refractivity contribution in [2.75, 3.05) is 6.54 Å². The Balaban J connectivity index is 2.54. The van der Waals surface area contributed by atoms with Gasteiger partial charge in [0, 0.05) is 17.7 Å². The van der Waals surface area contributed by atoms with Gasteiger partial charge in [-0.3, -0.25) is 0 Å². The highest BCUT2D eigenvalue weighted by atomic mass is 79.9. The molecule has 2 rings (SSSR count).